The highest BCUT2D eigenvalue weighted by Gasteiger charge is 2.11. The van der Waals surface area contributed by atoms with Crippen LogP contribution < -0.4 is 0 Å². The molecule has 35 heavy (non-hydrogen) atoms. The largest absolute Gasteiger partial charge is 0.143 e. The van der Waals surface area contributed by atoms with Gasteiger partial charge in [-0.15, -0.1) is 24.0 Å². The third-order valence-corrected chi connectivity index (χ3v) is 8.44. The van der Waals surface area contributed by atoms with Gasteiger partial charge in [0.1, 0.15) is 0 Å². The lowest BCUT2D eigenvalue weighted by molar-refractivity contribution is 1.47. The minimum atomic E-state index is 1.01. The zero-order valence-corrected chi connectivity index (χ0v) is 21.0. The zero-order valence-electron chi connectivity index (χ0n) is 19.2. The van der Waals surface area contributed by atoms with Gasteiger partial charge in [0.15, 0.2) is 0 Å². The summed E-state index contributed by atoms with van der Waals surface area (Å²) in [5.41, 5.74) is 6.18. The maximum Gasteiger partial charge on any atom is 0.0361 e. The highest BCUT2D eigenvalue weighted by Crippen LogP contribution is 2.40. The Balaban J connectivity index is 1.38. The fourth-order valence-corrected chi connectivity index (χ4v) is 6.64. The van der Waals surface area contributed by atoms with Crippen molar-refractivity contribution < 1.29 is 0 Å². The van der Waals surface area contributed by atoms with Gasteiger partial charge in [-0.1, -0.05) is 78.4 Å². The average molecular weight is 483 g/mol. The van der Waals surface area contributed by atoms with E-state index in [2.05, 4.69) is 116 Å². The van der Waals surface area contributed by atoms with Crippen LogP contribution in [0.4, 0.5) is 0 Å². The van der Waals surface area contributed by atoms with Crippen LogP contribution >= 0.6 is 24.0 Å². The van der Waals surface area contributed by atoms with Crippen molar-refractivity contribution in [3.63, 3.8) is 0 Å². The number of fused-ring (bicyclic) bond motifs is 5. The summed E-state index contributed by atoms with van der Waals surface area (Å²) in [5.74, 6) is 0. The van der Waals surface area contributed by atoms with Crippen molar-refractivity contribution in [1.29, 1.82) is 0 Å². The van der Waals surface area contributed by atoms with E-state index in [1.54, 1.807) is 0 Å². The number of aryl methyl sites for hydroxylation is 1. The second-order valence-corrected chi connectivity index (χ2v) is 10.9. The number of benzene rings is 6. The maximum atomic E-state index is 4.84. The van der Waals surface area contributed by atoms with Crippen LogP contribution in [0.1, 0.15) is 5.56 Å². The molecular weight excluding hydrogens is 460 g/mol. The molecular formula is C33H22S2. The third-order valence-electron chi connectivity index (χ3n) is 6.96. The first-order chi connectivity index (χ1) is 17.1. The Labute approximate surface area is 213 Å². The molecule has 0 radical (unpaired) electrons. The van der Waals surface area contributed by atoms with E-state index in [9.17, 15) is 0 Å². The van der Waals surface area contributed by atoms with Crippen LogP contribution in [0.25, 0.3) is 64.0 Å². The van der Waals surface area contributed by atoms with Crippen LogP contribution in [0.2, 0.25) is 0 Å². The predicted molar refractivity (Wildman–Crippen MR) is 157 cm³/mol. The van der Waals surface area contributed by atoms with Crippen LogP contribution in [-0.4, -0.2) is 0 Å². The first-order valence-corrected chi connectivity index (χ1v) is 13.1. The summed E-state index contributed by atoms with van der Waals surface area (Å²) in [6, 6.07) is 40.0. The summed E-state index contributed by atoms with van der Waals surface area (Å²) in [4.78, 5) is 1.01. The fourth-order valence-electron chi connectivity index (χ4n) is 5.13. The Kier molecular flexibility index (Phi) is 4.73. The van der Waals surface area contributed by atoms with E-state index in [1.807, 2.05) is 11.3 Å². The Bertz CT molecular complexity index is 1910. The second-order valence-electron chi connectivity index (χ2n) is 9.31. The van der Waals surface area contributed by atoms with Crippen molar-refractivity contribution >= 4 is 65.7 Å². The summed E-state index contributed by atoms with van der Waals surface area (Å²) in [6.45, 7) is 2.14. The molecule has 166 valence electrons. The Morgan fingerprint density at radius 2 is 1.26 bits per heavy atom. The van der Waals surface area contributed by atoms with E-state index in [0.717, 1.165) is 4.90 Å². The minimum Gasteiger partial charge on any atom is -0.143 e. The molecule has 0 nitrogen and oxygen atoms in total. The lowest BCUT2D eigenvalue weighted by Crippen LogP contribution is -1.83. The molecule has 2 heteroatoms. The summed E-state index contributed by atoms with van der Waals surface area (Å²) in [6.07, 6.45) is 0. The SMILES string of the molecule is Cc1ccc2cc(S)c(-c3ccc4c(c3)sc3cc5ccc(-c6ccccc6)cc5cc34)cc2c1. The molecule has 1 aromatic heterocycles. The zero-order chi connectivity index (χ0) is 23.5. The fraction of sp³-hybridized carbons (Fsp3) is 0.0303. The molecule has 0 saturated heterocycles. The maximum absolute atomic E-state index is 4.84. The molecule has 0 fully saturated rings. The lowest BCUT2D eigenvalue weighted by Gasteiger charge is -2.09. The van der Waals surface area contributed by atoms with E-state index in [1.165, 1.54) is 69.5 Å². The van der Waals surface area contributed by atoms with Gasteiger partial charge in [0.05, 0.1) is 0 Å². The van der Waals surface area contributed by atoms with Crippen molar-refractivity contribution in [2.45, 2.75) is 11.8 Å². The highest BCUT2D eigenvalue weighted by molar-refractivity contribution is 7.80. The van der Waals surface area contributed by atoms with Gasteiger partial charge in [-0.3, -0.25) is 0 Å². The van der Waals surface area contributed by atoms with Gasteiger partial charge in [-0.05, 0) is 87.1 Å². The van der Waals surface area contributed by atoms with Crippen LogP contribution in [0, 0.1) is 6.92 Å². The van der Waals surface area contributed by atoms with Crippen LogP contribution in [0.15, 0.2) is 114 Å². The number of hydrogen-bond acceptors (Lipinski definition) is 2. The number of thiophene rings is 1. The normalized spacial score (nSPS) is 11.7. The van der Waals surface area contributed by atoms with Crippen molar-refractivity contribution in [2.24, 2.45) is 0 Å². The third kappa shape index (κ3) is 3.53. The van der Waals surface area contributed by atoms with Gasteiger partial charge in [-0.2, -0.15) is 0 Å². The highest BCUT2D eigenvalue weighted by atomic mass is 32.1. The van der Waals surface area contributed by atoms with Gasteiger partial charge in [-0.25, -0.2) is 0 Å². The predicted octanol–water partition coefficient (Wildman–Crippen LogP) is 10.3. The molecule has 0 saturated carbocycles. The van der Waals surface area contributed by atoms with Gasteiger partial charge in [0.25, 0.3) is 0 Å². The summed E-state index contributed by atoms with van der Waals surface area (Å²) in [5, 5.41) is 7.70. The molecule has 0 aliphatic heterocycles. The lowest BCUT2D eigenvalue weighted by atomic mass is 9.98. The van der Waals surface area contributed by atoms with E-state index < -0.39 is 0 Å². The van der Waals surface area contributed by atoms with Crippen LogP contribution in [-0.2, 0) is 0 Å². The molecule has 0 amide bonds. The summed E-state index contributed by atoms with van der Waals surface area (Å²) in [7, 11) is 0. The van der Waals surface area contributed by atoms with Gasteiger partial charge in [0.2, 0.25) is 0 Å². The van der Waals surface area contributed by atoms with E-state index in [4.69, 9.17) is 12.6 Å². The summed E-state index contributed by atoms with van der Waals surface area (Å²) < 4.78 is 2.64. The van der Waals surface area contributed by atoms with Crippen LogP contribution in [0.3, 0.4) is 0 Å². The monoisotopic (exact) mass is 482 g/mol. The quantitative estimate of drug-likeness (QED) is 0.233. The second kappa shape index (κ2) is 7.98. The Hall–Kier alpha value is -3.59. The number of hydrogen-bond donors (Lipinski definition) is 1. The average Bonchev–Trinajstić information content (AvgIpc) is 3.24. The molecule has 0 unspecified atom stereocenters. The van der Waals surface area contributed by atoms with Gasteiger partial charge >= 0.3 is 0 Å². The molecule has 7 aromatic rings. The van der Waals surface area contributed by atoms with E-state index in [-0.39, 0.29) is 0 Å². The molecule has 0 spiro atoms. The molecule has 0 aliphatic carbocycles. The van der Waals surface area contributed by atoms with Crippen molar-refractivity contribution in [1.82, 2.24) is 0 Å². The topological polar surface area (TPSA) is 0 Å². The molecule has 0 atom stereocenters. The molecule has 0 bridgehead atoms. The van der Waals surface area contributed by atoms with Crippen molar-refractivity contribution in [3.8, 4) is 22.3 Å². The standard InChI is InChI=1S/C33H22S2/c1-20-7-8-23-17-31(34)29(15-26(23)13-20)25-11-12-28-30-16-27-14-22(21-5-3-2-4-6-21)9-10-24(27)18-33(30)35-32(28)19-25/h2-19,34H,1H3. The first-order valence-electron chi connectivity index (χ1n) is 11.8. The number of rotatable bonds is 2. The first kappa shape index (κ1) is 20.8. The molecule has 6 aromatic carbocycles. The van der Waals surface area contributed by atoms with Crippen molar-refractivity contribution in [2.75, 3.05) is 0 Å². The van der Waals surface area contributed by atoms with Crippen LogP contribution in [0.5, 0.6) is 0 Å². The molecule has 1 heterocycles. The Morgan fingerprint density at radius 1 is 0.514 bits per heavy atom. The Morgan fingerprint density at radius 3 is 2.14 bits per heavy atom. The molecule has 0 aliphatic rings. The smallest absolute Gasteiger partial charge is 0.0361 e. The van der Waals surface area contributed by atoms with Gasteiger partial charge < -0.3 is 0 Å². The minimum absolute atomic E-state index is 1.01. The molecule has 0 N–H and O–H groups in total. The molecule has 7 rings (SSSR count). The number of thiol groups is 1. The van der Waals surface area contributed by atoms with Gasteiger partial charge in [0, 0.05) is 25.1 Å². The van der Waals surface area contributed by atoms with E-state index >= 15 is 0 Å². The van der Waals surface area contributed by atoms with Crippen molar-refractivity contribution in [3.05, 3.63) is 115 Å². The van der Waals surface area contributed by atoms with E-state index in [0.29, 0.717) is 0 Å². The summed E-state index contributed by atoms with van der Waals surface area (Å²) >= 11 is 6.72.